The molecule has 0 aliphatic heterocycles. The van der Waals surface area contributed by atoms with Gasteiger partial charge in [0.2, 0.25) is 11.0 Å². The molecular formula is C16H26N4OS2. The van der Waals surface area contributed by atoms with E-state index >= 15 is 0 Å². The molecule has 1 fully saturated rings. The lowest BCUT2D eigenvalue weighted by Gasteiger charge is -2.35. The van der Waals surface area contributed by atoms with E-state index in [1.807, 2.05) is 6.92 Å². The standard InChI is InChI=1S/C16H26N4OS2/c1-5-9-17-15-19-20-16(23-15)22-12(4)14(21)18-13-8-6-7-10(2)11(13)3/h5,10-13H,1,6-9H2,2-4H3,(H,17,19)(H,18,21). The minimum absolute atomic E-state index is 0.0942. The molecule has 2 rings (SSSR count). The predicted molar refractivity (Wildman–Crippen MR) is 98.0 cm³/mol. The molecule has 0 radical (unpaired) electrons. The number of thioether (sulfide) groups is 1. The SMILES string of the molecule is C=CCNc1nnc(SC(C)C(=O)NC2CCCC(C)C2C)s1. The lowest BCUT2D eigenvalue weighted by Crippen LogP contribution is -2.46. The smallest absolute Gasteiger partial charge is 0.233 e. The summed E-state index contributed by atoms with van der Waals surface area (Å²) in [6.45, 7) is 10.8. The number of hydrogen-bond donors (Lipinski definition) is 2. The molecule has 0 bridgehead atoms. The van der Waals surface area contributed by atoms with Crippen molar-refractivity contribution in [3.8, 4) is 0 Å². The second-order valence-electron chi connectivity index (χ2n) is 6.19. The molecule has 1 aromatic rings. The van der Waals surface area contributed by atoms with Gasteiger partial charge in [-0.1, -0.05) is 55.9 Å². The van der Waals surface area contributed by atoms with Gasteiger partial charge in [-0.05, 0) is 25.2 Å². The maximum atomic E-state index is 12.4. The normalized spacial score (nSPS) is 25.6. The fourth-order valence-electron chi connectivity index (χ4n) is 2.78. The Morgan fingerprint density at radius 1 is 1.48 bits per heavy atom. The van der Waals surface area contributed by atoms with Crippen molar-refractivity contribution in [3.05, 3.63) is 12.7 Å². The van der Waals surface area contributed by atoms with Crippen LogP contribution in [0, 0.1) is 11.8 Å². The maximum absolute atomic E-state index is 12.4. The van der Waals surface area contributed by atoms with Crippen molar-refractivity contribution in [2.45, 2.75) is 55.7 Å². The zero-order valence-corrected chi connectivity index (χ0v) is 15.7. The molecule has 1 heterocycles. The van der Waals surface area contributed by atoms with E-state index in [2.05, 4.69) is 41.3 Å². The summed E-state index contributed by atoms with van der Waals surface area (Å²) in [4.78, 5) is 12.4. The van der Waals surface area contributed by atoms with Gasteiger partial charge in [-0.15, -0.1) is 16.8 Å². The van der Waals surface area contributed by atoms with Gasteiger partial charge < -0.3 is 10.6 Å². The van der Waals surface area contributed by atoms with E-state index < -0.39 is 0 Å². The van der Waals surface area contributed by atoms with E-state index in [0.29, 0.717) is 24.4 Å². The van der Waals surface area contributed by atoms with Gasteiger partial charge in [0.1, 0.15) is 0 Å². The Balaban J connectivity index is 1.84. The number of nitrogens with zero attached hydrogens (tertiary/aromatic N) is 2. The molecule has 0 saturated heterocycles. The molecule has 1 amide bonds. The van der Waals surface area contributed by atoms with E-state index in [9.17, 15) is 4.79 Å². The van der Waals surface area contributed by atoms with Crippen molar-refractivity contribution in [1.29, 1.82) is 0 Å². The van der Waals surface area contributed by atoms with E-state index in [4.69, 9.17) is 0 Å². The van der Waals surface area contributed by atoms with Crippen LogP contribution in [0.5, 0.6) is 0 Å². The van der Waals surface area contributed by atoms with E-state index in [1.54, 1.807) is 6.08 Å². The van der Waals surface area contributed by atoms with Gasteiger partial charge in [0.15, 0.2) is 4.34 Å². The lowest BCUT2D eigenvalue weighted by atomic mass is 9.78. The maximum Gasteiger partial charge on any atom is 0.233 e. The third-order valence-electron chi connectivity index (χ3n) is 4.49. The molecule has 1 saturated carbocycles. The van der Waals surface area contributed by atoms with Crippen molar-refractivity contribution in [3.63, 3.8) is 0 Å². The van der Waals surface area contributed by atoms with Gasteiger partial charge in [-0.2, -0.15) is 0 Å². The summed E-state index contributed by atoms with van der Waals surface area (Å²) in [5.74, 6) is 1.32. The van der Waals surface area contributed by atoms with Gasteiger partial charge >= 0.3 is 0 Å². The molecule has 5 nitrogen and oxygen atoms in total. The van der Waals surface area contributed by atoms with Crippen LogP contribution in [-0.4, -0.2) is 33.9 Å². The number of anilines is 1. The Bertz CT molecular complexity index is 534. The molecule has 2 N–H and O–H groups in total. The summed E-state index contributed by atoms with van der Waals surface area (Å²) in [6, 6.07) is 0.300. The third-order valence-corrected chi connectivity index (χ3v) is 6.55. The van der Waals surface area contributed by atoms with Crippen LogP contribution in [0.3, 0.4) is 0 Å². The van der Waals surface area contributed by atoms with Crippen LogP contribution in [0.4, 0.5) is 5.13 Å². The number of hydrogen-bond acceptors (Lipinski definition) is 6. The highest BCUT2D eigenvalue weighted by atomic mass is 32.2. The number of aromatic nitrogens is 2. The molecule has 4 atom stereocenters. The Morgan fingerprint density at radius 2 is 2.26 bits per heavy atom. The molecule has 0 aromatic carbocycles. The second kappa shape index (κ2) is 8.68. The highest BCUT2D eigenvalue weighted by Gasteiger charge is 2.29. The number of rotatable bonds is 7. The summed E-state index contributed by atoms with van der Waals surface area (Å²) in [7, 11) is 0. The number of amides is 1. The molecule has 128 valence electrons. The fraction of sp³-hybridized carbons (Fsp3) is 0.688. The molecule has 1 aliphatic rings. The van der Waals surface area contributed by atoms with Crippen LogP contribution in [0.1, 0.15) is 40.0 Å². The summed E-state index contributed by atoms with van der Waals surface area (Å²) in [5, 5.41) is 15.1. The summed E-state index contributed by atoms with van der Waals surface area (Å²) in [5.41, 5.74) is 0. The first-order chi connectivity index (χ1) is 11.0. The lowest BCUT2D eigenvalue weighted by molar-refractivity contribution is -0.121. The van der Waals surface area contributed by atoms with E-state index in [0.717, 1.165) is 15.9 Å². The average Bonchev–Trinajstić information content (AvgIpc) is 2.97. The van der Waals surface area contributed by atoms with E-state index in [-0.39, 0.29) is 11.2 Å². The van der Waals surface area contributed by atoms with Crippen molar-refractivity contribution >= 4 is 34.1 Å². The number of carbonyl (C=O) groups excluding carboxylic acids is 1. The van der Waals surface area contributed by atoms with Crippen LogP contribution < -0.4 is 10.6 Å². The van der Waals surface area contributed by atoms with Gasteiger partial charge in [-0.3, -0.25) is 4.79 Å². The summed E-state index contributed by atoms with van der Waals surface area (Å²) in [6.07, 6.45) is 5.33. The predicted octanol–water partition coefficient (Wildman–Crippen LogP) is 3.56. The average molecular weight is 355 g/mol. The van der Waals surface area contributed by atoms with Gasteiger partial charge in [0.05, 0.1) is 5.25 Å². The van der Waals surface area contributed by atoms with Gasteiger partial charge in [0, 0.05) is 12.6 Å². The van der Waals surface area contributed by atoms with Gasteiger partial charge in [-0.25, -0.2) is 0 Å². The Hall–Kier alpha value is -1.08. The van der Waals surface area contributed by atoms with Crippen molar-refractivity contribution in [2.24, 2.45) is 11.8 Å². The molecule has 7 heteroatoms. The van der Waals surface area contributed by atoms with Crippen molar-refractivity contribution < 1.29 is 4.79 Å². The molecular weight excluding hydrogens is 328 g/mol. The fourth-order valence-corrected chi connectivity index (χ4v) is 4.69. The highest BCUT2D eigenvalue weighted by molar-refractivity contribution is 8.02. The van der Waals surface area contributed by atoms with Crippen molar-refractivity contribution in [1.82, 2.24) is 15.5 Å². The van der Waals surface area contributed by atoms with E-state index in [1.165, 1.54) is 35.9 Å². The number of carbonyl (C=O) groups is 1. The Kier molecular flexibility index (Phi) is 6.89. The van der Waals surface area contributed by atoms with Crippen LogP contribution >= 0.6 is 23.1 Å². The zero-order chi connectivity index (χ0) is 16.8. The first kappa shape index (κ1) is 18.3. The molecule has 0 spiro atoms. The third kappa shape index (κ3) is 5.21. The molecule has 23 heavy (non-hydrogen) atoms. The molecule has 4 unspecified atom stereocenters. The minimum atomic E-state index is -0.167. The van der Waals surface area contributed by atoms with Crippen LogP contribution in [-0.2, 0) is 4.79 Å². The Labute approximate surface area is 146 Å². The zero-order valence-electron chi connectivity index (χ0n) is 14.0. The van der Waals surface area contributed by atoms with Crippen LogP contribution in [0.2, 0.25) is 0 Å². The van der Waals surface area contributed by atoms with Gasteiger partial charge in [0.25, 0.3) is 0 Å². The summed E-state index contributed by atoms with van der Waals surface area (Å²) >= 11 is 2.93. The monoisotopic (exact) mass is 354 g/mol. The quantitative estimate of drug-likeness (QED) is 0.579. The van der Waals surface area contributed by atoms with Crippen LogP contribution in [0.25, 0.3) is 0 Å². The topological polar surface area (TPSA) is 66.9 Å². The number of nitrogens with one attached hydrogen (secondary N) is 2. The first-order valence-corrected chi connectivity index (χ1v) is 9.86. The Morgan fingerprint density at radius 3 is 3.00 bits per heavy atom. The molecule has 1 aromatic heterocycles. The second-order valence-corrected chi connectivity index (χ2v) is 8.75. The first-order valence-electron chi connectivity index (χ1n) is 8.16. The molecule has 1 aliphatic carbocycles. The van der Waals surface area contributed by atoms with Crippen molar-refractivity contribution in [2.75, 3.05) is 11.9 Å². The highest BCUT2D eigenvalue weighted by Crippen LogP contribution is 2.31. The largest absolute Gasteiger partial charge is 0.357 e. The summed E-state index contributed by atoms with van der Waals surface area (Å²) < 4.78 is 0.810. The minimum Gasteiger partial charge on any atom is -0.357 e. The van der Waals surface area contributed by atoms with Crippen LogP contribution in [0.15, 0.2) is 17.0 Å².